The van der Waals surface area contributed by atoms with Crippen molar-refractivity contribution in [3.63, 3.8) is 0 Å². The van der Waals surface area contributed by atoms with Crippen LogP contribution < -0.4 is 4.90 Å². The lowest BCUT2D eigenvalue weighted by Crippen LogP contribution is -2.20. The Kier molecular flexibility index (Phi) is 6.55. The SMILES string of the molecule is C1=C(N(c2ccc3oc4ccccc4c3c2)c2cc(-c3ccccc3)cc3oc4ccccc4c23)c2c(sc3ccccc23)C(c2ccccc2)C1. The molecule has 1 aliphatic rings. The summed E-state index contributed by atoms with van der Waals surface area (Å²) in [4.78, 5) is 3.90. The highest BCUT2D eigenvalue weighted by atomic mass is 32.1. The first-order chi connectivity index (χ1) is 25.8. The fraction of sp³-hybridized carbons (Fsp3) is 0.0417. The molecule has 246 valence electrons. The van der Waals surface area contributed by atoms with Gasteiger partial charge in [0.15, 0.2) is 0 Å². The second kappa shape index (κ2) is 11.6. The van der Waals surface area contributed by atoms with Gasteiger partial charge in [0.2, 0.25) is 0 Å². The number of rotatable bonds is 5. The quantitative estimate of drug-likeness (QED) is 0.181. The predicted octanol–water partition coefficient (Wildman–Crippen LogP) is 14.1. The Hall–Kier alpha value is -6.36. The standard InChI is InChI=1S/C48H31NO2S/c1-3-13-30(14-4-1)32-27-40(46-36-18-8-11-21-42(36)51-44(46)28-32)49(33-23-26-43-38(29-33)35-17-7-10-20-41(35)50-43)39-25-24-34(31-15-5-2-6-16-31)48-47(39)37-19-9-12-22-45(37)52-48/h1-23,25-29,34H,24H2. The molecule has 0 bridgehead atoms. The van der Waals surface area contributed by atoms with E-state index in [4.69, 9.17) is 8.83 Å². The molecular formula is C48H31NO2S. The van der Waals surface area contributed by atoms with Gasteiger partial charge in [0, 0.05) is 48.3 Å². The zero-order chi connectivity index (χ0) is 34.2. The predicted molar refractivity (Wildman–Crippen MR) is 218 cm³/mol. The van der Waals surface area contributed by atoms with Gasteiger partial charge in [-0.05, 0) is 71.6 Å². The van der Waals surface area contributed by atoms with E-state index in [1.807, 2.05) is 17.4 Å². The molecule has 0 spiro atoms. The van der Waals surface area contributed by atoms with E-state index in [2.05, 4.69) is 169 Å². The summed E-state index contributed by atoms with van der Waals surface area (Å²) in [5, 5.41) is 5.68. The second-order valence-corrected chi connectivity index (χ2v) is 14.7. The van der Waals surface area contributed by atoms with Gasteiger partial charge in [0.1, 0.15) is 22.3 Å². The molecule has 0 saturated carbocycles. The summed E-state index contributed by atoms with van der Waals surface area (Å²) in [6.45, 7) is 0. The minimum absolute atomic E-state index is 0.268. The molecule has 3 heterocycles. The lowest BCUT2D eigenvalue weighted by molar-refractivity contribution is 0.668. The first-order valence-corrected chi connectivity index (χ1v) is 18.6. The molecular weight excluding hydrogens is 655 g/mol. The van der Waals surface area contributed by atoms with Crippen molar-refractivity contribution < 1.29 is 8.83 Å². The van der Waals surface area contributed by atoms with E-state index >= 15 is 0 Å². The van der Waals surface area contributed by atoms with Crippen LogP contribution in [0.25, 0.3) is 70.8 Å². The first kappa shape index (κ1) is 29.4. The second-order valence-electron chi connectivity index (χ2n) is 13.6. The third-order valence-electron chi connectivity index (χ3n) is 10.6. The smallest absolute Gasteiger partial charge is 0.138 e. The zero-order valence-corrected chi connectivity index (χ0v) is 28.9. The van der Waals surface area contributed by atoms with Gasteiger partial charge >= 0.3 is 0 Å². The monoisotopic (exact) mass is 685 g/mol. The highest BCUT2D eigenvalue weighted by Gasteiger charge is 2.33. The molecule has 0 aliphatic heterocycles. The third kappa shape index (κ3) is 4.51. The molecule has 0 radical (unpaired) electrons. The summed E-state index contributed by atoms with van der Waals surface area (Å²) < 4.78 is 14.3. The molecule has 11 rings (SSSR count). The van der Waals surface area contributed by atoms with Crippen molar-refractivity contribution >= 4 is 82.4 Å². The Bertz CT molecular complexity index is 3000. The molecule has 52 heavy (non-hydrogen) atoms. The third-order valence-corrected chi connectivity index (χ3v) is 11.9. The van der Waals surface area contributed by atoms with Gasteiger partial charge < -0.3 is 13.7 Å². The van der Waals surface area contributed by atoms with Crippen LogP contribution in [0.15, 0.2) is 179 Å². The molecule has 0 saturated heterocycles. The van der Waals surface area contributed by atoms with Gasteiger partial charge in [0.05, 0.1) is 16.8 Å². The van der Waals surface area contributed by atoms with Crippen molar-refractivity contribution in [1.29, 1.82) is 0 Å². The Morgan fingerprint density at radius 2 is 1.17 bits per heavy atom. The van der Waals surface area contributed by atoms with E-state index in [1.165, 1.54) is 31.8 Å². The van der Waals surface area contributed by atoms with E-state index in [9.17, 15) is 0 Å². The summed E-state index contributed by atoms with van der Waals surface area (Å²) in [7, 11) is 0. The summed E-state index contributed by atoms with van der Waals surface area (Å²) >= 11 is 1.93. The lowest BCUT2D eigenvalue weighted by atomic mass is 9.85. The van der Waals surface area contributed by atoms with Crippen LogP contribution in [0.5, 0.6) is 0 Å². The average Bonchev–Trinajstić information content (AvgIpc) is 3.90. The van der Waals surface area contributed by atoms with Crippen LogP contribution in [0.1, 0.15) is 28.3 Å². The zero-order valence-electron chi connectivity index (χ0n) is 28.1. The summed E-state index contributed by atoms with van der Waals surface area (Å²) in [5.74, 6) is 0.268. The summed E-state index contributed by atoms with van der Waals surface area (Å²) in [5.41, 5.74) is 11.7. The van der Waals surface area contributed by atoms with Crippen LogP contribution in [0.2, 0.25) is 0 Å². The van der Waals surface area contributed by atoms with E-state index < -0.39 is 0 Å². The molecule has 1 atom stereocenters. The number of benzene rings is 7. The Morgan fingerprint density at radius 3 is 2.00 bits per heavy atom. The molecule has 3 nitrogen and oxygen atoms in total. The Labute approximate surface area is 304 Å². The van der Waals surface area contributed by atoms with Crippen LogP contribution in [0, 0.1) is 0 Å². The number of anilines is 2. The van der Waals surface area contributed by atoms with Gasteiger partial charge in [-0.2, -0.15) is 0 Å². The van der Waals surface area contributed by atoms with Crippen LogP contribution in [0.3, 0.4) is 0 Å². The number of allylic oxidation sites excluding steroid dienone is 1. The first-order valence-electron chi connectivity index (χ1n) is 17.8. The fourth-order valence-electron chi connectivity index (χ4n) is 8.26. The minimum Gasteiger partial charge on any atom is -0.456 e. The van der Waals surface area contributed by atoms with Crippen molar-refractivity contribution in [1.82, 2.24) is 0 Å². The van der Waals surface area contributed by atoms with E-state index in [-0.39, 0.29) is 5.92 Å². The van der Waals surface area contributed by atoms with Crippen molar-refractivity contribution in [2.75, 3.05) is 4.90 Å². The van der Waals surface area contributed by atoms with Crippen molar-refractivity contribution in [2.24, 2.45) is 0 Å². The maximum atomic E-state index is 6.68. The van der Waals surface area contributed by atoms with Gasteiger partial charge in [-0.3, -0.25) is 0 Å². The highest BCUT2D eigenvalue weighted by molar-refractivity contribution is 7.19. The molecule has 4 heteroatoms. The van der Waals surface area contributed by atoms with Crippen LogP contribution in [-0.4, -0.2) is 0 Å². The Morgan fingerprint density at radius 1 is 0.519 bits per heavy atom. The van der Waals surface area contributed by atoms with Gasteiger partial charge in [0.25, 0.3) is 0 Å². The Balaban J connectivity index is 1.25. The molecule has 0 N–H and O–H groups in total. The van der Waals surface area contributed by atoms with E-state index in [0.29, 0.717) is 0 Å². The maximum Gasteiger partial charge on any atom is 0.138 e. The van der Waals surface area contributed by atoms with Gasteiger partial charge in [-0.25, -0.2) is 0 Å². The number of furan rings is 2. The lowest BCUT2D eigenvalue weighted by Gasteiger charge is -2.33. The molecule has 10 aromatic rings. The van der Waals surface area contributed by atoms with E-state index in [1.54, 1.807) is 0 Å². The number of nitrogens with zero attached hydrogens (tertiary/aromatic N) is 1. The number of thiophene rings is 1. The van der Waals surface area contributed by atoms with E-state index in [0.717, 1.165) is 72.8 Å². The molecule has 3 aromatic heterocycles. The van der Waals surface area contributed by atoms with Crippen LogP contribution in [0.4, 0.5) is 11.4 Å². The largest absolute Gasteiger partial charge is 0.456 e. The maximum absolute atomic E-state index is 6.68. The number of hydrogen-bond acceptors (Lipinski definition) is 4. The topological polar surface area (TPSA) is 29.5 Å². The molecule has 0 amide bonds. The molecule has 1 aliphatic carbocycles. The van der Waals surface area contributed by atoms with Crippen molar-refractivity contribution in [3.8, 4) is 11.1 Å². The van der Waals surface area contributed by atoms with Crippen molar-refractivity contribution in [3.05, 3.63) is 186 Å². The van der Waals surface area contributed by atoms with Crippen LogP contribution in [-0.2, 0) is 0 Å². The fourth-order valence-corrected chi connectivity index (χ4v) is 9.61. The minimum atomic E-state index is 0.268. The summed E-state index contributed by atoms with van der Waals surface area (Å²) in [6, 6.07) is 58.4. The molecule has 0 fully saturated rings. The summed E-state index contributed by atoms with van der Waals surface area (Å²) in [6.07, 6.45) is 3.36. The molecule has 7 aromatic carbocycles. The normalized spacial score (nSPS) is 14.4. The average molecular weight is 686 g/mol. The van der Waals surface area contributed by atoms with Crippen molar-refractivity contribution in [2.45, 2.75) is 12.3 Å². The number of hydrogen-bond donors (Lipinski definition) is 0. The number of fused-ring (bicyclic) bond motifs is 9. The molecule has 1 unspecified atom stereocenters. The van der Waals surface area contributed by atoms with Gasteiger partial charge in [-0.15, -0.1) is 11.3 Å². The van der Waals surface area contributed by atoms with Crippen LogP contribution >= 0.6 is 11.3 Å². The van der Waals surface area contributed by atoms with Gasteiger partial charge in [-0.1, -0.05) is 121 Å². The number of para-hydroxylation sites is 2. The highest BCUT2D eigenvalue weighted by Crippen LogP contribution is 2.53.